The molecular weight excluding hydrogens is 306 g/mol. The maximum atomic E-state index is 8.94. The van der Waals surface area contributed by atoms with Crippen molar-refractivity contribution >= 4 is 5.69 Å². The van der Waals surface area contributed by atoms with Crippen molar-refractivity contribution in [3.05, 3.63) is 65.7 Å². The standard InChI is InChI=1S/C22H27N3/c1-19(8-9-20-6-3-2-4-7-20)24-14-5-15-25(17-16-24)22-12-10-21(18-23)11-13-22/h2-4,6-7,10-13,19H,5,8-9,14-17H2,1H3. The summed E-state index contributed by atoms with van der Waals surface area (Å²) in [7, 11) is 0. The number of benzene rings is 2. The van der Waals surface area contributed by atoms with E-state index in [1.165, 1.54) is 30.6 Å². The molecule has 1 atom stereocenters. The maximum Gasteiger partial charge on any atom is 0.0991 e. The van der Waals surface area contributed by atoms with Gasteiger partial charge in [-0.25, -0.2) is 0 Å². The molecular formula is C22H27N3. The van der Waals surface area contributed by atoms with Crippen molar-refractivity contribution in [1.29, 1.82) is 5.26 Å². The highest BCUT2D eigenvalue weighted by Gasteiger charge is 2.19. The normalized spacial score (nSPS) is 16.9. The van der Waals surface area contributed by atoms with Crippen molar-refractivity contribution in [3.8, 4) is 6.07 Å². The smallest absolute Gasteiger partial charge is 0.0991 e. The number of aryl methyl sites for hydroxylation is 1. The molecule has 1 aliphatic rings. The average Bonchev–Trinajstić information content (AvgIpc) is 2.93. The van der Waals surface area contributed by atoms with Crippen LogP contribution in [0, 0.1) is 11.3 Å². The fourth-order valence-electron chi connectivity index (χ4n) is 3.59. The number of anilines is 1. The minimum Gasteiger partial charge on any atom is -0.370 e. The van der Waals surface area contributed by atoms with E-state index >= 15 is 0 Å². The van der Waals surface area contributed by atoms with Crippen LogP contribution in [-0.2, 0) is 6.42 Å². The lowest BCUT2D eigenvalue weighted by Crippen LogP contribution is -2.37. The summed E-state index contributed by atoms with van der Waals surface area (Å²) >= 11 is 0. The van der Waals surface area contributed by atoms with Gasteiger partial charge in [0, 0.05) is 37.9 Å². The topological polar surface area (TPSA) is 30.3 Å². The SMILES string of the molecule is CC(CCc1ccccc1)N1CCCN(c2ccc(C#N)cc2)CC1. The van der Waals surface area contributed by atoms with Gasteiger partial charge in [-0.3, -0.25) is 4.90 Å². The summed E-state index contributed by atoms with van der Waals surface area (Å²) < 4.78 is 0. The highest BCUT2D eigenvalue weighted by atomic mass is 15.2. The molecule has 25 heavy (non-hydrogen) atoms. The zero-order valence-electron chi connectivity index (χ0n) is 15.1. The molecule has 0 bridgehead atoms. The monoisotopic (exact) mass is 333 g/mol. The van der Waals surface area contributed by atoms with E-state index in [1.807, 2.05) is 12.1 Å². The molecule has 0 aromatic heterocycles. The van der Waals surface area contributed by atoms with E-state index in [9.17, 15) is 0 Å². The third kappa shape index (κ3) is 4.84. The van der Waals surface area contributed by atoms with E-state index in [0.717, 1.165) is 31.6 Å². The van der Waals surface area contributed by atoms with Gasteiger partial charge < -0.3 is 4.90 Å². The Morgan fingerprint density at radius 3 is 2.44 bits per heavy atom. The number of nitriles is 1. The van der Waals surface area contributed by atoms with Gasteiger partial charge in [-0.2, -0.15) is 5.26 Å². The second kappa shape index (κ2) is 8.69. The molecule has 0 radical (unpaired) electrons. The molecule has 0 amide bonds. The molecule has 3 nitrogen and oxygen atoms in total. The van der Waals surface area contributed by atoms with E-state index in [-0.39, 0.29) is 0 Å². The predicted octanol–water partition coefficient (Wildman–Crippen LogP) is 4.09. The first-order valence-corrected chi connectivity index (χ1v) is 9.29. The quantitative estimate of drug-likeness (QED) is 0.825. The number of rotatable bonds is 5. The van der Waals surface area contributed by atoms with Crippen molar-refractivity contribution in [1.82, 2.24) is 4.90 Å². The first kappa shape index (κ1) is 17.5. The van der Waals surface area contributed by atoms with E-state index in [2.05, 4.69) is 65.3 Å². The molecule has 130 valence electrons. The van der Waals surface area contributed by atoms with E-state index in [4.69, 9.17) is 5.26 Å². The van der Waals surface area contributed by atoms with Crippen molar-refractivity contribution in [2.24, 2.45) is 0 Å². The zero-order chi connectivity index (χ0) is 17.5. The molecule has 0 aliphatic carbocycles. The van der Waals surface area contributed by atoms with E-state index in [0.29, 0.717) is 6.04 Å². The molecule has 1 heterocycles. The molecule has 3 heteroatoms. The van der Waals surface area contributed by atoms with Crippen LogP contribution in [-0.4, -0.2) is 37.1 Å². The molecule has 1 unspecified atom stereocenters. The Morgan fingerprint density at radius 2 is 1.72 bits per heavy atom. The minimum atomic E-state index is 0.612. The van der Waals surface area contributed by atoms with Crippen LogP contribution in [0.1, 0.15) is 30.9 Å². The largest absolute Gasteiger partial charge is 0.370 e. The molecule has 2 aromatic carbocycles. The van der Waals surface area contributed by atoms with Gasteiger partial charge >= 0.3 is 0 Å². The van der Waals surface area contributed by atoms with E-state index in [1.54, 1.807) is 0 Å². The third-order valence-electron chi connectivity index (χ3n) is 5.21. The van der Waals surface area contributed by atoms with E-state index < -0.39 is 0 Å². The molecule has 1 saturated heterocycles. The van der Waals surface area contributed by atoms with Crippen LogP contribution < -0.4 is 4.90 Å². The summed E-state index contributed by atoms with van der Waals surface area (Å²) in [6.45, 7) is 6.79. The van der Waals surface area contributed by atoms with Gasteiger partial charge in [0.1, 0.15) is 0 Å². The second-order valence-corrected chi connectivity index (χ2v) is 6.91. The number of hydrogen-bond donors (Lipinski definition) is 0. The van der Waals surface area contributed by atoms with Crippen LogP contribution in [0.3, 0.4) is 0 Å². The first-order chi connectivity index (χ1) is 12.3. The fourth-order valence-corrected chi connectivity index (χ4v) is 3.59. The van der Waals surface area contributed by atoms with Crippen LogP contribution in [0.15, 0.2) is 54.6 Å². The summed E-state index contributed by atoms with van der Waals surface area (Å²) in [4.78, 5) is 5.08. The summed E-state index contributed by atoms with van der Waals surface area (Å²) in [5, 5.41) is 8.94. The predicted molar refractivity (Wildman–Crippen MR) is 104 cm³/mol. The highest BCUT2D eigenvalue weighted by molar-refractivity contribution is 5.49. The molecule has 1 aliphatic heterocycles. The number of hydrogen-bond acceptors (Lipinski definition) is 3. The van der Waals surface area contributed by atoms with Gasteiger partial charge in [0.05, 0.1) is 11.6 Å². The summed E-state index contributed by atoms with van der Waals surface area (Å²) in [6, 6.07) is 21.6. The Balaban J connectivity index is 1.52. The van der Waals surface area contributed by atoms with Crippen LogP contribution in [0.4, 0.5) is 5.69 Å². The van der Waals surface area contributed by atoms with Gasteiger partial charge in [0.25, 0.3) is 0 Å². The maximum absolute atomic E-state index is 8.94. The average molecular weight is 333 g/mol. The van der Waals surface area contributed by atoms with Crippen molar-refractivity contribution in [3.63, 3.8) is 0 Å². The van der Waals surface area contributed by atoms with Crippen molar-refractivity contribution in [2.45, 2.75) is 32.2 Å². The summed E-state index contributed by atoms with van der Waals surface area (Å²) in [6.07, 6.45) is 3.55. The molecule has 0 N–H and O–H groups in total. The van der Waals surface area contributed by atoms with Crippen LogP contribution in [0.2, 0.25) is 0 Å². The van der Waals surface area contributed by atoms with Crippen LogP contribution in [0.5, 0.6) is 0 Å². The molecule has 2 aromatic rings. The van der Waals surface area contributed by atoms with Crippen LogP contribution in [0.25, 0.3) is 0 Å². The lowest BCUT2D eigenvalue weighted by molar-refractivity contribution is 0.214. The first-order valence-electron chi connectivity index (χ1n) is 9.29. The summed E-state index contributed by atoms with van der Waals surface area (Å²) in [5.41, 5.74) is 3.40. The second-order valence-electron chi connectivity index (χ2n) is 6.91. The van der Waals surface area contributed by atoms with Gasteiger partial charge in [-0.1, -0.05) is 30.3 Å². The zero-order valence-corrected chi connectivity index (χ0v) is 15.1. The molecule has 3 rings (SSSR count). The summed E-state index contributed by atoms with van der Waals surface area (Å²) in [5.74, 6) is 0. The van der Waals surface area contributed by atoms with Gasteiger partial charge in [-0.15, -0.1) is 0 Å². The Hall–Kier alpha value is -2.31. The third-order valence-corrected chi connectivity index (χ3v) is 5.21. The van der Waals surface area contributed by atoms with Gasteiger partial charge in [-0.05, 0) is 56.0 Å². The van der Waals surface area contributed by atoms with Gasteiger partial charge in [0.15, 0.2) is 0 Å². The molecule has 1 fully saturated rings. The Labute approximate surface area is 151 Å². The van der Waals surface area contributed by atoms with Crippen LogP contribution >= 0.6 is 0 Å². The fraction of sp³-hybridized carbons (Fsp3) is 0.409. The Kier molecular flexibility index (Phi) is 6.09. The lowest BCUT2D eigenvalue weighted by atomic mass is 10.1. The lowest BCUT2D eigenvalue weighted by Gasteiger charge is -2.28. The van der Waals surface area contributed by atoms with Crippen molar-refractivity contribution in [2.75, 3.05) is 31.1 Å². The minimum absolute atomic E-state index is 0.612. The van der Waals surface area contributed by atoms with Gasteiger partial charge in [0.2, 0.25) is 0 Å². The highest BCUT2D eigenvalue weighted by Crippen LogP contribution is 2.19. The Morgan fingerprint density at radius 1 is 0.960 bits per heavy atom. The van der Waals surface area contributed by atoms with Crippen molar-refractivity contribution < 1.29 is 0 Å². The Bertz CT molecular complexity index is 687. The number of nitrogens with zero attached hydrogens (tertiary/aromatic N) is 3. The molecule has 0 spiro atoms. The molecule has 0 saturated carbocycles.